The number of hydrogen-bond donors (Lipinski definition) is 1. The third-order valence-electron chi connectivity index (χ3n) is 5.33. The van der Waals surface area contributed by atoms with E-state index in [1.54, 1.807) is 18.2 Å². The number of sulfonamides is 1. The highest BCUT2D eigenvalue weighted by atomic mass is 32.2. The Morgan fingerprint density at radius 1 is 1.12 bits per heavy atom. The van der Waals surface area contributed by atoms with Crippen LogP contribution in [0.2, 0.25) is 0 Å². The van der Waals surface area contributed by atoms with Crippen LogP contribution >= 0.6 is 0 Å². The highest BCUT2D eigenvalue weighted by molar-refractivity contribution is 7.90. The Kier molecular flexibility index (Phi) is 6.55. The minimum Gasteiger partial charge on any atom is -0.362 e. The second-order valence-corrected chi connectivity index (χ2v) is 9.36. The molecular formula is C23H23FN4O4S. The van der Waals surface area contributed by atoms with Crippen molar-refractivity contribution < 1.29 is 22.1 Å². The van der Waals surface area contributed by atoms with E-state index in [0.717, 1.165) is 25.8 Å². The van der Waals surface area contributed by atoms with Crippen LogP contribution in [0.3, 0.4) is 0 Å². The molecule has 8 nitrogen and oxygen atoms in total. The van der Waals surface area contributed by atoms with Crippen molar-refractivity contribution >= 4 is 27.5 Å². The molecule has 172 valence electrons. The van der Waals surface area contributed by atoms with Crippen LogP contribution in [0, 0.1) is 5.82 Å². The predicted octanol–water partition coefficient (Wildman–Crippen LogP) is 4.33. The summed E-state index contributed by atoms with van der Waals surface area (Å²) in [4.78, 5) is 14.4. The molecule has 0 saturated carbocycles. The Morgan fingerprint density at radius 2 is 1.94 bits per heavy atom. The van der Waals surface area contributed by atoms with Crippen molar-refractivity contribution in [1.29, 1.82) is 0 Å². The summed E-state index contributed by atoms with van der Waals surface area (Å²) < 4.78 is 48.8. The summed E-state index contributed by atoms with van der Waals surface area (Å²) in [5.41, 5.74) is 0.368. The molecule has 4 rings (SSSR count). The Morgan fingerprint density at radius 3 is 2.76 bits per heavy atom. The summed E-state index contributed by atoms with van der Waals surface area (Å²) in [6.45, 7) is 0.761. The first-order chi connectivity index (χ1) is 15.8. The monoisotopic (exact) mass is 470 g/mol. The standard InChI is InChI=1S/C23H23FN4O4S/c1-28-13-6-2-3-12-22(28)27-33(30,31)17-9-7-8-16(14-17)25-23(29)20-15-21(32-26-20)18-10-4-5-11-19(18)24/h4-5,7-11,14-15H,2-3,6,12-13H2,1H3,(H,25,29). The number of carbonyl (C=O) groups is 1. The van der Waals surface area contributed by atoms with Gasteiger partial charge in [-0.1, -0.05) is 29.8 Å². The van der Waals surface area contributed by atoms with Crippen molar-refractivity contribution in [2.24, 2.45) is 4.40 Å². The van der Waals surface area contributed by atoms with Crippen LogP contribution in [-0.4, -0.2) is 43.8 Å². The summed E-state index contributed by atoms with van der Waals surface area (Å²) >= 11 is 0. The van der Waals surface area contributed by atoms with Gasteiger partial charge in [-0.05, 0) is 43.2 Å². The van der Waals surface area contributed by atoms with E-state index in [4.69, 9.17) is 4.52 Å². The van der Waals surface area contributed by atoms with Crippen molar-refractivity contribution in [3.05, 3.63) is 66.1 Å². The summed E-state index contributed by atoms with van der Waals surface area (Å²) in [7, 11) is -2.11. The molecule has 0 bridgehead atoms. The molecule has 0 spiro atoms. The van der Waals surface area contributed by atoms with Crippen LogP contribution in [-0.2, 0) is 10.0 Å². The fourth-order valence-electron chi connectivity index (χ4n) is 3.54. The molecule has 3 aromatic rings. The second-order valence-electron chi connectivity index (χ2n) is 7.75. The highest BCUT2D eigenvalue weighted by Crippen LogP contribution is 2.24. The number of amidine groups is 1. The highest BCUT2D eigenvalue weighted by Gasteiger charge is 2.20. The van der Waals surface area contributed by atoms with E-state index in [9.17, 15) is 17.6 Å². The van der Waals surface area contributed by atoms with E-state index >= 15 is 0 Å². The third-order valence-corrected chi connectivity index (χ3v) is 6.63. The van der Waals surface area contributed by atoms with Gasteiger partial charge in [-0.2, -0.15) is 8.42 Å². The van der Waals surface area contributed by atoms with Crippen molar-refractivity contribution in [2.75, 3.05) is 18.9 Å². The second kappa shape index (κ2) is 9.53. The number of likely N-dealkylation sites (tertiary alicyclic amines) is 1. The zero-order chi connectivity index (χ0) is 23.4. The molecule has 33 heavy (non-hydrogen) atoms. The van der Waals surface area contributed by atoms with Crippen LogP contribution in [0.5, 0.6) is 0 Å². The molecular weight excluding hydrogens is 447 g/mol. The van der Waals surface area contributed by atoms with Gasteiger partial charge < -0.3 is 14.7 Å². The van der Waals surface area contributed by atoms with Gasteiger partial charge in [-0.15, -0.1) is 4.40 Å². The third kappa shape index (κ3) is 5.28. The normalized spacial score (nSPS) is 15.9. The van der Waals surface area contributed by atoms with E-state index in [-0.39, 0.29) is 27.6 Å². The van der Waals surface area contributed by atoms with E-state index in [0.29, 0.717) is 12.3 Å². The number of amides is 1. The Balaban J connectivity index is 1.53. The molecule has 0 atom stereocenters. The number of nitrogens with one attached hydrogen (secondary N) is 1. The molecule has 2 heterocycles. The molecule has 2 aromatic carbocycles. The molecule has 1 aliphatic rings. The van der Waals surface area contributed by atoms with Gasteiger partial charge >= 0.3 is 0 Å². The van der Waals surface area contributed by atoms with Gasteiger partial charge in [-0.3, -0.25) is 4.79 Å². The van der Waals surface area contributed by atoms with Crippen LogP contribution in [0.25, 0.3) is 11.3 Å². The lowest BCUT2D eigenvalue weighted by Crippen LogP contribution is -2.26. The van der Waals surface area contributed by atoms with Crippen LogP contribution < -0.4 is 5.32 Å². The predicted molar refractivity (Wildman–Crippen MR) is 122 cm³/mol. The smallest absolute Gasteiger partial charge is 0.284 e. The first-order valence-electron chi connectivity index (χ1n) is 10.5. The van der Waals surface area contributed by atoms with E-state index < -0.39 is 21.7 Å². The quantitative estimate of drug-likeness (QED) is 0.595. The van der Waals surface area contributed by atoms with E-state index in [1.165, 1.54) is 36.4 Å². The molecule has 1 saturated heterocycles. The maximum absolute atomic E-state index is 13.9. The minimum absolute atomic E-state index is 0.0300. The van der Waals surface area contributed by atoms with Gasteiger partial charge in [0.1, 0.15) is 11.7 Å². The molecule has 0 aliphatic carbocycles. The molecule has 1 aromatic heterocycles. The summed E-state index contributed by atoms with van der Waals surface area (Å²) in [5, 5.41) is 6.29. The molecule has 10 heteroatoms. The van der Waals surface area contributed by atoms with E-state index in [1.807, 2.05) is 11.9 Å². The van der Waals surface area contributed by atoms with Gasteiger partial charge in [0.25, 0.3) is 15.9 Å². The minimum atomic E-state index is -3.95. The van der Waals surface area contributed by atoms with Crippen LogP contribution in [0.4, 0.5) is 10.1 Å². The molecule has 1 amide bonds. The van der Waals surface area contributed by atoms with Crippen molar-refractivity contribution in [1.82, 2.24) is 10.1 Å². The maximum atomic E-state index is 13.9. The fraction of sp³-hybridized carbons (Fsp3) is 0.261. The van der Waals surface area contributed by atoms with Crippen molar-refractivity contribution in [3.63, 3.8) is 0 Å². The van der Waals surface area contributed by atoms with Gasteiger partial charge in [0.2, 0.25) is 0 Å². The molecule has 0 radical (unpaired) electrons. The maximum Gasteiger partial charge on any atom is 0.284 e. The average molecular weight is 471 g/mol. The number of hydrogen-bond acceptors (Lipinski definition) is 5. The Bertz CT molecular complexity index is 1300. The van der Waals surface area contributed by atoms with Crippen LogP contribution in [0.15, 0.2) is 68.4 Å². The molecule has 1 N–H and O–H groups in total. The lowest BCUT2D eigenvalue weighted by atomic mass is 10.1. The van der Waals surface area contributed by atoms with Crippen molar-refractivity contribution in [2.45, 2.75) is 30.6 Å². The summed E-state index contributed by atoms with van der Waals surface area (Å²) in [6.07, 6.45) is 3.52. The Hall–Kier alpha value is -3.53. The largest absolute Gasteiger partial charge is 0.362 e. The first-order valence-corrected chi connectivity index (χ1v) is 12.0. The summed E-state index contributed by atoms with van der Waals surface area (Å²) in [5.74, 6) is -0.478. The number of benzene rings is 2. The summed E-state index contributed by atoms with van der Waals surface area (Å²) in [6, 6.07) is 13.1. The SMILES string of the molecule is CN1CCCCCC1=NS(=O)(=O)c1cccc(NC(=O)c2cc(-c3ccccc3F)on2)c1. The molecule has 1 aliphatic heterocycles. The van der Waals surface area contributed by atoms with Gasteiger partial charge in [0, 0.05) is 31.8 Å². The van der Waals surface area contributed by atoms with E-state index in [2.05, 4.69) is 14.9 Å². The van der Waals surface area contributed by atoms with Gasteiger partial charge in [-0.25, -0.2) is 4.39 Å². The number of rotatable bonds is 5. The number of aromatic nitrogens is 1. The average Bonchev–Trinajstić information content (AvgIpc) is 3.20. The lowest BCUT2D eigenvalue weighted by Gasteiger charge is -2.17. The fourth-order valence-corrected chi connectivity index (χ4v) is 4.68. The molecule has 1 fully saturated rings. The number of anilines is 1. The number of carbonyl (C=O) groups excluding carboxylic acids is 1. The first kappa shape index (κ1) is 22.7. The van der Waals surface area contributed by atoms with Crippen molar-refractivity contribution in [3.8, 4) is 11.3 Å². The number of nitrogens with zero attached hydrogens (tertiary/aromatic N) is 3. The topological polar surface area (TPSA) is 105 Å². The molecule has 0 unspecified atom stereocenters. The zero-order valence-electron chi connectivity index (χ0n) is 18.0. The zero-order valence-corrected chi connectivity index (χ0v) is 18.8. The number of halogens is 1. The van der Waals surface area contributed by atoms with Gasteiger partial charge in [0.05, 0.1) is 10.5 Å². The van der Waals surface area contributed by atoms with Crippen LogP contribution in [0.1, 0.15) is 36.2 Å². The Labute approximate surface area is 191 Å². The van der Waals surface area contributed by atoms with Gasteiger partial charge in [0.15, 0.2) is 11.5 Å². The lowest BCUT2D eigenvalue weighted by molar-refractivity contribution is 0.101.